The lowest BCUT2D eigenvalue weighted by Crippen LogP contribution is -2.42. The first kappa shape index (κ1) is 16.8. The molecule has 0 aliphatic heterocycles. The molecule has 2 aromatic heterocycles. The number of nitrogens with zero attached hydrogens (tertiary/aromatic N) is 2. The van der Waals surface area contributed by atoms with Gasteiger partial charge in [0.25, 0.3) is 0 Å². The maximum absolute atomic E-state index is 11.9. The molecule has 7 nitrogen and oxygen atoms in total. The Hall–Kier alpha value is -2.57. The second-order valence-electron chi connectivity index (χ2n) is 5.37. The highest BCUT2D eigenvalue weighted by molar-refractivity contribution is 6.35. The Morgan fingerprint density at radius 3 is 2.61 bits per heavy atom. The molecule has 0 fully saturated rings. The van der Waals surface area contributed by atoms with Crippen LogP contribution in [0.5, 0.6) is 0 Å². The topological polar surface area (TPSA) is 89.2 Å². The van der Waals surface area contributed by atoms with Gasteiger partial charge in [0.2, 0.25) is 0 Å². The van der Waals surface area contributed by atoms with Gasteiger partial charge >= 0.3 is 11.8 Å². The molecular weight excluding hydrogens is 296 g/mol. The number of rotatable bonds is 6. The molecule has 0 saturated heterocycles. The Kier molecular flexibility index (Phi) is 5.56. The molecule has 0 bridgehead atoms. The summed E-state index contributed by atoms with van der Waals surface area (Å²) in [7, 11) is 0. The van der Waals surface area contributed by atoms with E-state index in [9.17, 15) is 9.59 Å². The zero-order chi connectivity index (χ0) is 16.8. The lowest BCUT2D eigenvalue weighted by Gasteiger charge is -2.17. The molecule has 124 valence electrons. The van der Waals surface area contributed by atoms with Crippen LogP contribution >= 0.6 is 0 Å². The van der Waals surface area contributed by atoms with E-state index in [0.717, 1.165) is 17.8 Å². The summed E-state index contributed by atoms with van der Waals surface area (Å²) < 4.78 is 7.25. The molecule has 2 rings (SSSR count). The number of hydrogen-bond acceptors (Lipinski definition) is 4. The summed E-state index contributed by atoms with van der Waals surface area (Å²) in [6.45, 7) is 6.46. The van der Waals surface area contributed by atoms with E-state index in [2.05, 4.69) is 15.7 Å². The third-order valence-electron chi connectivity index (χ3n) is 3.41. The molecule has 1 atom stereocenters. The smallest absolute Gasteiger partial charge is 0.309 e. The van der Waals surface area contributed by atoms with Crippen molar-refractivity contribution in [3.8, 4) is 0 Å². The number of aryl methyl sites for hydroxylation is 2. The molecule has 1 unspecified atom stereocenters. The van der Waals surface area contributed by atoms with E-state index >= 15 is 0 Å². The highest BCUT2D eigenvalue weighted by Crippen LogP contribution is 2.20. The van der Waals surface area contributed by atoms with E-state index in [0.29, 0.717) is 12.3 Å². The van der Waals surface area contributed by atoms with E-state index in [-0.39, 0.29) is 12.6 Å². The van der Waals surface area contributed by atoms with Crippen molar-refractivity contribution >= 4 is 11.8 Å². The average molecular weight is 318 g/mol. The van der Waals surface area contributed by atoms with Crippen molar-refractivity contribution in [1.29, 1.82) is 0 Å². The van der Waals surface area contributed by atoms with E-state index < -0.39 is 11.8 Å². The molecule has 2 amide bonds. The van der Waals surface area contributed by atoms with Gasteiger partial charge in [-0.05, 0) is 38.5 Å². The fraction of sp³-hybridized carbons (Fsp3) is 0.438. The normalized spacial score (nSPS) is 12.0. The number of nitrogens with one attached hydrogen (secondary N) is 2. The van der Waals surface area contributed by atoms with Crippen LogP contribution in [0.4, 0.5) is 0 Å². The van der Waals surface area contributed by atoms with Gasteiger partial charge in [0, 0.05) is 18.8 Å². The number of carbonyl (C=O) groups is 2. The molecule has 0 radical (unpaired) electrons. The predicted octanol–water partition coefficient (Wildman–Crippen LogP) is 1.32. The fourth-order valence-electron chi connectivity index (χ4n) is 2.34. The second kappa shape index (κ2) is 7.62. The molecule has 0 spiro atoms. The van der Waals surface area contributed by atoms with Gasteiger partial charge in [0.15, 0.2) is 0 Å². The minimum Gasteiger partial charge on any atom is -0.467 e. The summed E-state index contributed by atoms with van der Waals surface area (Å²) in [5.41, 5.74) is 1.83. The molecule has 0 aliphatic rings. The van der Waals surface area contributed by atoms with Crippen molar-refractivity contribution in [2.45, 2.75) is 33.2 Å². The van der Waals surface area contributed by atoms with Crippen molar-refractivity contribution in [1.82, 2.24) is 20.4 Å². The third-order valence-corrected chi connectivity index (χ3v) is 3.41. The highest BCUT2D eigenvalue weighted by atomic mass is 16.3. The van der Waals surface area contributed by atoms with Crippen LogP contribution in [-0.4, -0.2) is 34.7 Å². The maximum atomic E-state index is 11.9. The van der Waals surface area contributed by atoms with Gasteiger partial charge in [-0.2, -0.15) is 5.10 Å². The van der Waals surface area contributed by atoms with E-state index in [1.807, 2.05) is 32.9 Å². The lowest BCUT2D eigenvalue weighted by molar-refractivity contribution is -0.139. The highest BCUT2D eigenvalue weighted by Gasteiger charge is 2.22. The summed E-state index contributed by atoms with van der Waals surface area (Å²) >= 11 is 0. The fourth-order valence-corrected chi connectivity index (χ4v) is 2.34. The Morgan fingerprint density at radius 2 is 2.04 bits per heavy atom. The summed E-state index contributed by atoms with van der Waals surface area (Å²) in [5, 5.41) is 9.64. The Labute approximate surface area is 135 Å². The first-order chi connectivity index (χ1) is 11.0. The first-order valence-corrected chi connectivity index (χ1v) is 7.65. The number of aromatic nitrogens is 2. The monoisotopic (exact) mass is 318 g/mol. The first-order valence-electron chi connectivity index (χ1n) is 7.65. The molecule has 2 heterocycles. The van der Waals surface area contributed by atoms with Crippen molar-refractivity contribution in [3.63, 3.8) is 0 Å². The van der Waals surface area contributed by atoms with Crippen molar-refractivity contribution in [2.75, 3.05) is 13.1 Å². The standard InChI is InChI=1S/C16H22N4O3/c1-4-7-17-15(21)16(22)18-10-13(14-6-5-8-23-14)20-12(3)9-11(2)19-20/h5-6,8-9,13H,4,7,10H2,1-3H3,(H,17,21)(H,18,22). The number of hydrogen-bond donors (Lipinski definition) is 2. The van der Waals surface area contributed by atoms with Gasteiger partial charge in [-0.15, -0.1) is 0 Å². The van der Waals surface area contributed by atoms with E-state index in [1.165, 1.54) is 0 Å². The zero-order valence-electron chi connectivity index (χ0n) is 13.6. The van der Waals surface area contributed by atoms with Crippen LogP contribution in [0, 0.1) is 13.8 Å². The number of furan rings is 1. The van der Waals surface area contributed by atoms with Crippen LogP contribution in [0.15, 0.2) is 28.9 Å². The third kappa shape index (κ3) is 4.21. The van der Waals surface area contributed by atoms with Gasteiger partial charge in [0.1, 0.15) is 11.8 Å². The summed E-state index contributed by atoms with van der Waals surface area (Å²) in [6.07, 6.45) is 2.35. The molecule has 23 heavy (non-hydrogen) atoms. The van der Waals surface area contributed by atoms with Crippen LogP contribution in [0.1, 0.15) is 36.5 Å². The molecule has 2 N–H and O–H groups in total. The molecule has 0 aromatic carbocycles. The largest absolute Gasteiger partial charge is 0.467 e. The number of amides is 2. The summed E-state index contributed by atoms with van der Waals surface area (Å²) in [6, 6.07) is 5.25. The SMILES string of the molecule is CCCNC(=O)C(=O)NCC(c1ccco1)n1nc(C)cc1C. The average Bonchev–Trinajstić information content (AvgIpc) is 3.15. The summed E-state index contributed by atoms with van der Waals surface area (Å²) in [5.74, 6) is -0.611. The molecule has 0 aliphatic carbocycles. The molecule has 7 heteroatoms. The second-order valence-corrected chi connectivity index (χ2v) is 5.37. The Bertz CT molecular complexity index is 661. The van der Waals surface area contributed by atoms with Crippen molar-refractivity contribution in [3.05, 3.63) is 41.6 Å². The predicted molar refractivity (Wildman–Crippen MR) is 84.9 cm³/mol. The van der Waals surface area contributed by atoms with E-state index in [4.69, 9.17) is 4.42 Å². The molecule has 0 saturated carbocycles. The van der Waals surface area contributed by atoms with E-state index in [1.54, 1.807) is 17.0 Å². The van der Waals surface area contributed by atoms with Crippen LogP contribution in [0.2, 0.25) is 0 Å². The maximum Gasteiger partial charge on any atom is 0.309 e. The Balaban J connectivity index is 2.09. The van der Waals surface area contributed by atoms with Gasteiger partial charge in [0.05, 0.1) is 12.0 Å². The van der Waals surface area contributed by atoms with Crippen LogP contribution in [-0.2, 0) is 9.59 Å². The summed E-state index contributed by atoms with van der Waals surface area (Å²) in [4.78, 5) is 23.5. The van der Waals surface area contributed by atoms with Crippen LogP contribution < -0.4 is 10.6 Å². The molecule has 2 aromatic rings. The lowest BCUT2D eigenvalue weighted by atomic mass is 10.2. The van der Waals surface area contributed by atoms with Crippen molar-refractivity contribution < 1.29 is 14.0 Å². The van der Waals surface area contributed by atoms with Crippen LogP contribution in [0.25, 0.3) is 0 Å². The zero-order valence-corrected chi connectivity index (χ0v) is 13.6. The van der Waals surface area contributed by atoms with Crippen LogP contribution in [0.3, 0.4) is 0 Å². The Morgan fingerprint density at radius 1 is 1.30 bits per heavy atom. The van der Waals surface area contributed by atoms with Gasteiger partial charge < -0.3 is 15.1 Å². The van der Waals surface area contributed by atoms with Gasteiger partial charge in [-0.1, -0.05) is 6.92 Å². The quantitative estimate of drug-likeness (QED) is 0.786. The minimum atomic E-state index is -0.656. The van der Waals surface area contributed by atoms with Crippen molar-refractivity contribution in [2.24, 2.45) is 0 Å². The minimum absolute atomic E-state index is 0.216. The number of carbonyl (C=O) groups excluding carboxylic acids is 2. The van der Waals surface area contributed by atoms with Gasteiger partial charge in [-0.25, -0.2) is 0 Å². The van der Waals surface area contributed by atoms with Gasteiger partial charge in [-0.3, -0.25) is 14.3 Å². The molecular formula is C16H22N4O3.